The largest absolute Gasteiger partial charge is 0.482 e. The zero-order chi connectivity index (χ0) is 17.2. The summed E-state index contributed by atoms with van der Waals surface area (Å²) in [6.07, 6.45) is 7.20. The van der Waals surface area contributed by atoms with Crippen molar-refractivity contribution in [2.24, 2.45) is 0 Å². The number of hydrogen-bond acceptors (Lipinski definition) is 4. The molecule has 1 aromatic heterocycles. The smallest absolute Gasteiger partial charge is 0.341 e. The van der Waals surface area contributed by atoms with Gasteiger partial charge in [0, 0.05) is 25.0 Å². The second-order valence-electron chi connectivity index (χ2n) is 4.99. The predicted octanol–water partition coefficient (Wildman–Crippen LogP) is 1.92. The van der Waals surface area contributed by atoms with Gasteiger partial charge >= 0.3 is 5.97 Å². The highest BCUT2D eigenvalue weighted by molar-refractivity contribution is 5.91. The van der Waals surface area contributed by atoms with E-state index in [1.807, 2.05) is 18.2 Å². The molecule has 1 aromatic carbocycles. The molecule has 0 bridgehead atoms. The van der Waals surface area contributed by atoms with Crippen LogP contribution in [0, 0.1) is 0 Å². The fourth-order valence-corrected chi connectivity index (χ4v) is 1.93. The van der Waals surface area contributed by atoms with Gasteiger partial charge in [-0.2, -0.15) is 0 Å². The number of amides is 1. The molecule has 0 aliphatic rings. The van der Waals surface area contributed by atoms with Gasteiger partial charge in [-0.15, -0.1) is 0 Å². The topological polar surface area (TPSA) is 88.5 Å². The predicted molar refractivity (Wildman–Crippen MR) is 89.6 cm³/mol. The summed E-state index contributed by atoms with van der Waals surface area (Å²) >= 11 is 0. The molecular formula is C18H18N2O4. The molecule has 0 unspecified atom stereocenters. The normalized spacial score (nSPS) is 10.5. The number of aliphatic carboxylic acids is 1. The van der Waals surface area contributed by atoms with Crippen molar-refractivity contribution >= 4 is 18.0 Å². The lowest BCUT2D eigenvalue weighted by molar-refractivity contribution is -0.139. The first-order chi connectivity index (χ1) is 11.6. The quantitative estimate of drug-likeness (QED) is 0.724. The molecule has 0 aliphatic heterocycles. The molecule has 6 heteroatoms. The Balaban J connectivity index is 1.72. The molecule has 0 spiro atoms. The summed E-state index contributed by atoms with van der Waals surface area (Å²) in [6.45, 7) is 0.143. The van der Waals surface area contributed by atoms with E-state index in [0.29, 0.717) is 18.7 Å². The number of carbonyl (C=O) groups is 2. The maximum atomic E-state index is 11.7. The Kier molecular flexibility index (Phi) is 6.52. The minimum Gasteiger partial charge on any atom is -0.482 e. The summed E-state index contributed by atoms with van der Waals surface area (Å²) < 4.78 is 5.06. The van der Waals surface area contributed by atoms with Crippen molar-refractivity contribution in [3.63, 3.8) is 0 Å². The van der Waals surface area contributed by atoms with Crippen LogP contribution >= 0.6 is 0 Å². The average Bonchev–Trinajstić information content (AvgIpc) is 2.60. The Morgan fingerprint density at radius 3 is 2.67 bits per heavy atom. The van der Waals surface area contributed by atoms with Crippen LogP contribution < -0.4 is 10.1 Å². The van der Waals surface area contributed by atoms with E-state index < -0.39 is 5.97 Å². The SMILES string of the molecule is O=C(O)COc1ccc(CCNC(=O)/C=C/c2cccnc2)cc1. The molecular weight excluding hydrogens is 308 g/mol. The van der Waals surface area contributed by atoms with Gasteiger partial charge in [0.05, 0.1) is 0 Å². The van der Waals surface area contributed by atoms with Crippen LogP contribution in [0.5, 0.6) is 5.75 Å². The third-order valence-electron chi connectivity index (χ3n) is 3.11. The van der Waals surface area contributed by atoms with Gasteiger partial charge in [-0.1, -0.05) is 18.2 Å². The number of carboxylic acids is 1. The molecule has 2 N–H and O–H groups in total. The number of nitrogens with zero attached hydrogens (tertiary/aromatic N) is 1. The van der Waals surface area contributed by atoms with Crippen molar-refractivity contribution in [3.8, 4) is 5.75 Å². The molecule has 0 saturated heterocycles. The molecule has 0 aliphatic carbocycles. The third-order valence-corrected chi connectivity index (χ3v) is 3.11. The Hall–Kier alpha value is -3.15. The van der Waals surface area contributed by atoms with E-state index in [1.165, 1.54) is 6.08 Å². The van der Waals surface area contributed by atoms with Crippen LogP contribution in [0.1, 0.15) is 11.1 Å². The molecule has 1 heterocycles. The summed E-state index contributed by atoms with van der Waals surface area (Å²) in [5, 5.41) is 11.3. The Bertz CT molecular complexity index is 697. The Labute approximate surface area is 139 Å². The maximum absolute atomic E-state index is 11.7. The van der Waals surface area contributed by atoms with Gasteiger partial charge in [0.2, 0.25) is 5.91 Å². The van der Waals surface area contributed by atoms with Crippen molar-refractivity contribution in [1.82, 2.24) is 10.3 Å². The third kappa shape index (κ3) is 6.31. The highest BCUT2D eigenvalue weighted by Crippen LogP contribution is 2.12. The van der Waals surface area contributed by atoms with Gasteiger partial charge < -0.3 is 15.2 Å². The lowest BCUT2D eigenvalue weighted by atomic mass is 10.1. The van der Waals surface area contributed by atoms with Crippen LogP contribution in [0.15, 0.2) is 54.9 Å². The summed E-state index contributed by atoms with van der Waals surface area (Å²) in [5.41, 5.74) is 1.89. The number of carbonyl (C=O) groups excluding carboxylic acids is 1. The molecule has 2 aromatic rings. The monoisotopic (exact) mass is 326 g/mol. The first-order valence-electron chi connectivity index (χ1n) is 7.43. The summed E-state index contributed by atoms with van der Waals surface area (Å²) in [7, 11) is 0. The molecule has 0 radical (unpaired) electrons. The number of benzene rings is 1. The molecule has 0 atom stereocenters. The molecule has 0 fully saturated rings. The summed E-state index contributed by atoms with van der Waals surface area (Å²) in [4.78, 5) is 26.1. The van der Waals surface area contributed by atoms with Gasteiger partial charge in [-0.3, -0.25) is 9.78 Å². The molecule has 2 rings (SSSR count). The van der Waals surface area contributed by atoms with E-state index in [1.54, 1.807) is 36.7 Å². The molecule has 124 valence electrons. The molecule has 0 saturated carbocycles. The lowest BCUT2D eigenvalue weighted by Gasteiger charge is -2.05. The van der Waals surface area contributed by atoms with Crippen LogP contribution in [-0.4, -0.2) is 35.1 Å². The lowest BCUT2D eigenvalue weighted by Crippen LogP contribution is -2.23. The molecule has 1 amide bonds. The van der Waals surface area contributed by atoms with E-state index in [9.17, 15) is 9.59 Å². The van der Waals surface area contributed by atoms with Crippen LogP contribution in [-0.2, 0) is 16.0 Å². The van der Waals surface area contributed by atoms with E-state index in [-0.39, 0.29) is 12.5 Å². The number of carboxylic acid groups (broad SMARTS) is 1. The zero-order valence-electron chi connectivity index (χ0n) is 13.0. The van der Waals surface area contributed by atoms with Gasteiger partial charge in [0.1, 0.15) is 5.75 Å². The van der Waals surface area contributed by atoms with E-state index in [2.05, 4.69) is 10.3 Å². The van der Waals surface area contributed by atoms with Gasteiger partial charge in [-0.05, 0) is 41.8 Å². The van der Waals surface area contributed by atoms with E-state index >= 15 is 0 Å². The number of rotatable bonds is 8. The highest BCUT2D eigenvalue weighted by atomic mass is 16.5. The fraction of sp³-hybridized carbons (Fsp3) is 0.167. The van der Waals surface area contributed by atoms with Crippen molar-refractivity contribution in [1.29, 1.82) is 0 Å². The van der Waals surface area contributed by atoms with Crippen molar-refractivity contribution in [2.45, 2.75) is 6.42 Å². The molecule has 24 heavy (non-hydrogen) atoms. The Morgan fingerprint density at radius 2 is 2.00 bits per heavy atom. The Morgan fingerprint density at radius 1 is 1.21 bits per heavy atom. The first kappa shape index (κ1) is 17.2. The van der Waals surface area contributed by atoms with Crippen LogP contribution in [0.3, 0.4) is 0 Å². The van der Waals surface area contributed by atoms with Crippen LogP contribution in [0.25, 0.3) is 6.08 Å². The van der Waals surface area contributed by atoms with E-state index in [0.717, 1.165) is 11.1 Å². The standard InChI is InChI=1S/C18H18N2O4/c21-17(8-5-15-2-1-10-19-12-15)20-11-9-14-3-6-16(7-4-14)24-13-18(22)23/h1-8,10,12H,9,11,13H2,(H,20,21)(H,22,23)/b8-5+. The van der Waals surface area contributed by atoms with Crippen molar-refractivity contribution < 1.29 is 19.4 Å². The minimum atomic E-state index is -1.01. The second-order valence-corrected chi connectivity index (χ2v) is 4.99. The number of hydrogen-bond donors (Lipinski definition) is 2. The van der Waals surface area contributed by atoms with Gasteiger partial charge in [0.15, 0.2) is 6.61 Å². The second kappa shape index (κ2) is 9.09. The van der Waals surface area contributed by atoms with Crippen molar-refractivity contribution in [3.05, 3.63) is 66.0 Å². The summed E-state index contributed by atoms with van der Waals surface area (Å²) in [6, 6.07) is 10.8. The number of nitrogens with one attached hydrogen (secondary N) is 1. The van der Waals surface area contributed by atoms with Crippen molar-refractivity contribution in [2.75, 3.05) is 13.2 Å². The fourth-order valence-electron chi connectivity index (χ4n) is 1.93. The minimum absolute atomic E-state index is 0.166. The molecule has 6 nitrogen and oxygen atoms in total. The van der Waals surface area contributed by atoms with Gasteiger partial charge in [0.25, 0.3) is 0 Å². The maximum Gasteiger partial charge on any atom is 0.341 e. The average molecular weight is 326 g/mol. The highest BCUT2D eigenvalue weighted by Gasteiger charge is 2.00. The first-order valence-corrected chi connectivity index (χ1v) is 7.43. The summed E-state index contributed by atoms with van der Waals surface area (Å²) in [5.74, 6) is -0.675. The van der Waals surface area contributed by atoms with E-state index in [4.69, 9.17) is 9.84 Å². The van der Waals surface area contributed by atoms with Crippen LogP contribution in [0.4, 0.5) is 0 Å². The van der Waals surface area contributed by atoms with Crippen LogP contribution in [0.2, 0.25) is 0 Å². The zero-order valence-corrected chi connectivity index (χ0v) is 13.0. The number of ether oxygens (including phenoxy) is 1. The number of pyridine rings is 1. The number of aromatic nitrogens is 1. The van der Waals surface area contributed by atoms with Gasteiger partial charge in [-0.25, -0.2) is 4.79 Å².